The summed E-state index contributed by atoms with van der Waals surface area (Å²) in [6.45, 7) is 1.82. The summed E-state index contributed by atoms with van der Waals surface area (Å²) < 4.78 is 0. The lowest BCUT2D eigenvalue weighted by atomic mass is 9.98. The van der Waals surface area contributed by atoms with Gasteiger partial charge < -0.3 is 15.5 Å². The van der Waals surface area contributed by atoms with E-state index in [0.29, 0.717) is 25.2 Å². The zero-order chi connectivity index (χ0) is 20.8. The van der Waals surface area contributed by atoms with E-state index in [2.05, 4.69) is 10.6 Å². The highest BCUT2D eigenvalue weighted by Gasteiger charge is 2.22. The number of rotatable bonds is 5. The fourth-order valence-electron chi connectivity index (χ4n) is 3.71. The first-order valence-corrected chi connectivity index (χ1v) is 10.2. The SMILES string of the molecule is O=C(NCCc1ccccc1)Nc1ccc2c(c1)CN(C(=O)c1ccccc1)CC2. The highest BCUT2D eigenvalue weighted by Crippen LogP contribution is 2.24. The monoisotopic (exact) mass is 399 g/mol. The van der Waals surface area contributed by atoms with Crippen molar-refractivity contribution in [3.8, 4) is 0 Å². The highest BCUT2D eigenvalue weighted by atomic mass is 16.2. The van der Waals surface area contributed by atoms with E-state index in [1.165, 1.54) is 11.1 Å². The third-order valence-corrected chi connectivity index (χ3v) is 5.33. The second kappa shape index (κ2) is 9.27. The van der Waals surface area contributed by atoms with Gasteiger partial charge in [0.1, 0.15) is 0 Å². The molecule has 2 N–H and O–H groups in total. The smallest absolute Gasteiger partial charge is 0.319 e. The van der Waals surface area contributed by atoms with Gasteiger partial charge in [0.25, 0.3) is 5.91 Å². The number of hydrogen-bond donors (Lipinski definition) is 2. The maximum atomic E-state index is 12.8. The fraction of sp³-hybridized carbons (Fsp3) is 0.200. The molecule has 1 heterocycles. The molecule has 1 aliphatic rings. The maximum Gasteiger partial charge on any atom is 0.319 e. The van der Waals surface area contributed by atoms with Gasteiger partial charge in [0.15, 0.2) is 0 Å². The summed E-state index contributed by atoms with van der Waals surface area (Å²) in [4.78, 5) is 26.9. The minimum absolute atomic E-state index is 0.0401. The lowest BCUT2D eigenvalue weighted by Crippen LogP contribution is -2.36. The Hall–Kier alpha value is -3.60. The van der Waals surface area contributed by atoms with E-state index in [1.807, 2.05) is 83.8 Å². The maximum absolute atomic E-state index is 12.8. The summed E-state index contributed by atoms with van der Waals surface area (Å²) in [5.41, 5.74) is 4.93. The van der Waals surface area contributed by atoms with Crippen LogP contribution < -0.4 is 10.6 Å². The molecule has 30 heavy (non-hydrogen) atoms. The van der Waals surface area contributed by atoms with Crippen LogP contribution in [-0.4, -0.2) is 29.9 Å². The number of amides is 3. The molecule has 0 bridgehead atoms. The molecule has 0 saturated carbocycles. The number of nitrogens with one attached hydrogen (secondary N) is 2. The Labute approximate surface area is 176 Å². The van der Waals surface area contributed by atoms with Gasteiger partial charge in [0, 0.05) is 30.9 Å². The van der Waals surface area contributed by atoms with Gasteiger partial charge >= 0.3 is 6.03 Å². The number of anilines is 1. The molecule has 0 aliphatic carbocycles. The lowest BCUT2D eigenvalue weighted by molar-refractivity contribution is 0.0734. The van der Waals surface area contributed by atoms with Crippen molar-refractivity contribution in [3.05, 3.63) is 101 Å². The minimum atomic E-state index is -0.223. The molecule has 3 aromatic carbocycles. The second-order valence-corrected chi connectivity index (χ2v) is 7.44. The molecule has 0 aromatic heterocycles. The third kappa shape index (κ3) is 4.87. The first-order chi connectivity index (χ1) is 14.7. The first-order valence-electron chi connectivity index (χ1n) is 10.2. The standard InChI is InChI=1S/C25H25N3O2/c29-24(21-9-5-2-6-10-21)28-16-14-20-11-12-23(17-22(20)18-28)27-25(30)26-15-13-19-7-3-1-4-8-19/h1-12,17H,13-16,18H2,(H2,26,27,30). The van der Waals surface area contributed by atoms with E-state index in [1.54, 1.807) is 0 Å². The van der Waals surface area contributed by atoms with Gasteiger partial charge in [0.2, 0.25) is 0 Å². The number of carbonyl (C=O) groups is 2. The van der Waals surface area contributed by atoms with Crippen molar-refractivity contribution in [2.75, 3.05) is 18.4 Å². The number of benzene rings is 3. The normalized spacial score (nSPS) is 12.7. The van der Waals surface area contributed by atoms with E-state index in [9.17, 15) is 9.59 Å². The molecule has 0 atom stereocenters. The van der Waals surface area contributed by atoms with Gasteiger partial charge in [-0.3, -0.25) is 4.79 Å². The predicted octanol–water partition coefficient (Wildman–Crippen LogP) is 4.25. The molecule has 0 spiro atoms. The Bertz CT molecular complexity index is 1020. The summed E-state index contributed by atoms with van der Waals surface area (Å²) in [7, 11) is 0. The van der Waals surface area contributed by atoms with Crippen LogP contribution in [0.5, 0.6) is 0 Å². The van der Waals surface area contributed by atoms with E-state index in [4.69, 9.17) is 0 Å². The quantitative estimate of drug-likeness (QED) is 0.674. The molecule has 0 unspecified atom stereocenters. The molecule has 3 aromatic rings. The Morgan fingerprint density at radius 1 is 0.867 bits per heavy atom. The topological polar surface area (TPSA) is 61.4 Å². The highest BCUT2D eigenvalue weighted by molar-refractivity contribution is 5.94. The van der Waals surface area contributed by atoms with Gasteiger partial charge in [-0.2, -0.15) is 0 Å². The molecule has 3 amide bonds. The number of fused-ring (bicyclic) bond motifs is 1. The first kappa shape index (κ1) is 19.7. The minimum Gasteiger partial charge on any atom is -0.338 e. The Morgan fingerprint density at radius 2 is 1.60 bits per heavy atom. The van der Waals surface area contributed by atoms with Crippen molar-refractivity contribution in [2.24, 2.45) is 0 Å². The molecule has 0 saturated heterocycles. The third-order valence-electron chi connectivity index (χ3n) is 5.33. The summed E-state index contributed by atoms with van der Waals surface area (Å²) in [6.07, 6.45) is 1.60. The molecule has 5 heteroatoms. The fourth-order valence-corrected chi connectivity index (χ4v) is 3.71. The molecule has 1 aliphatic heterocycles. The average Bonchev–Trinajstić information content (AvgIpc) is 2.79. The van der Waals surface area contributed by atoms with Crippen LogP contribution in [0.25, 0.3) is 0 Å². The molecular weight excluding hydrogens is 374 g/mol. The van der Waals surface area contributed by atoms with Gasteiger partial charge in [-0.25, -0.2) is 4.79 Å². The Kier molecular flexibility index (Phi) is 6.09. The van der Waals surface area contributed by atoms with E-state index < -0.39 is 0 Å². The summed E-state index contributed by atoms with van der Waals surface area (Å²) in [5, 5.41) is 5.79. The van der Waals surface area contributed by atoms with Crippen LogP contribution in [0.4, 0.5) is 10.5 Å². The zero-order valence-corrected chi connectivity index (χ0v) is 16.8. The van der Waals surface area contributed by atoms with Crippen molar-refractivity contribution >= 4 is 17.6 Å². The van der Waals surface area contributed by atoms with Crippen molar-refractivity contribution < 1.29 is 9.59 Å². The molecule has 152 valence electrons. The van der Waals surface area contributed by atoms with E-state index in [-0.39, 0.29) is 11.9 Å². The van der Waals surface area contributed by atoms with Gasteiger partial charge in [-0.15, -0.1) is 0 Å². The largest absolute Gasteiger partial charge is 0.338 e. The van der Waals surface area contributed by atoms with Crippen molar-refractivity contribution in [3.63, 3.8) is 0 Å². The number of urea groups is 1. The van der Waals surface area contributed by atoms with E-state index >= 15 is 0 Å². The number of hydrogen-bond acceptors (Lipinski definition) is 2. The molecule has 0 fully saturated rings. The molecule has 4 rings (SSSR count). The van der Waals surface area contributed by atoms with Crippen LogP contribution in [-0.2, 0) is 19.4 Å². The van der Waals surface area contributed by atoms with Crippen LogP contribution in [0, 0.1) is 0 Å². The second-order valence-electron chi connectivity index (χ2n) is 7.44. The average molecular weight is 399 g/mol. The zero-order valence-electron chi connectivity index (χ0n) is 16.8. The van der Waals surface area contributed by atoms with Gasteiger partial charge in [-0.1, -0.05) is 54.6 Å². The Morgan fingerprint density at radius 3 is 2.37 bits per heavy atom. The van der Waals surface area contributed by atoms with Gasteiger partial charge in [0.05, 0.1) is 0 Å². The number of carbonyl (C=O) groups excluding carboxylic acids is 2. The van der Waals surface area contributed by atoms with E-state index in [0.717, 1.165) is 24.1 Å². The molecule has 0 radical (unpaired) electrons. The number of nitrogens with zero attached hydrogens (tertiary/aromatic N) is 1. The van der Waals surface area contributed by atoms with Gasteiger partial charge in [-0.05, 0) is 53.8 Å². The molecule has 5 nitrogen and oxygen atoms in total. The summed E-state index contributed by atoms with van der Waals surface area (Å²) in [6, 6.07) is 25.1. The van der Waals surface area contributed by atoms with Crippen LogP contribution in [0.3, 0.4) is 0 Å². The van der Waals surface area contributed by atoms with Crippen LogP contribution in [0.1, 0.15) is 27.0 Å². The Balaban J connectivity index is 1.34. The van der Waals surface area contributed by atoms with Crippen molar-refractivity contribution in [2.45, 2.75) is 19.4 Å². The summed E-state index contributed by atoms with van der Waals surface area (Å²) >= 11 is 0. The van der Waals surface area contributed by atoms with Crippen molar-refractivity contribution in [1.82, 2.24) is 10.2 Å². The lowest BCUT2D eigenvalue weighted by Gasteiger charge is -2.29. The predicted molar refractivity (Wildman–Crippen MR) is 118 cm³/mol. The van der Waals surface area contributed by atoms with Crippen LogP contribution >= 0.6 is 0 Å². The van der Waals surface area contributed by atoms with Crippen molar-refractivity contribution in [1.29, 1.82) is 0 Å². The summed E-state index contributed by atoms with van der Waals surface area (Å²) in [5.74, 6) is 0.0401. The molecular formula is C25H25N3O2. The van der Waals surface area contributed by atoms with Crippen LogP contribution in [0.2, 0.25) is 0 Å². The van der Waals surface area contributed by atoms with Crippen LogP contribution in [0.15, 0.2) is 78.9 Å².